The van der Waals surface area contributed by atoms with Crippen molar-refractivity contribution in [2.45, 2.75) is 84.0 Å². The van der Waals surface area contributed by atoms with Crippen LogP contribution < -0.4 is 5.73 Å². The molecule has 0 aliphatic heterocycles. The van der Waals surface area contributed by atoms with Crippen LogP contribution in [-0.2, 0) is 4.79 Å². The van der Waals surface area contributed by atoms with Crippen LogP contribution in [0, 0.1) is 5.21 Å². The van der Waals surface area contributed by atoms with Gasteiger partial charge in [-0.15, -0.1) is 0 Å². The largest absolute Gasteiger partial charge is 0.633 e. The van der Waals surface area contributed by atoms with Gasteiger partial charge in [0, 0.05) is 13.0 Å². The van der Waals surface area contributed by atoms with Gasteiger partial charge < -0.3 is 30.9 Å². The van der Waals surface area contributed by atoms with E-state index in [1.165, 1.54) is 57.8 Å². The molecule has 0 aromatic carbocycles. The molecule has 0 atom stereocenters. The standard InChI is InChI=1S/C14H28O2.C6H16N2O3/c1-2-3-4-5-6-7-8-9-10-11-12-13-14(15)16;7-1-2-8(11,3-5-9)4-6-10/h2-13H2,1H3,(H,15,16);9-10H,1-7H2. The topological polar surface area (TPSA) is 127 Å². The van der Waals surface area contributed by atoms with Gasteiger partial charge in [-0.1, -0.05) is 71.1 Å². The van der Waals surface area contributed by atoms with Gasteiger partial charge >= 0.3 is 5.97 Å². The minimum Gasteiger partial charge on any atom is -0.633 e. The van der Waals surface area contributed by atoms with E-state index in [1.54, 1.807) is 0 Å². The minimum absolute atomic E-state index is 0.109. The summed E-state index contributed by atoms with van der Waals surface area (Å²) in [6.45, 7) is 2.67. The number of hydroxylamine groups is 3. The number of carbonyl (C=O) groups is 1. The summed E-state index contributed by atoms with van der Waals surface area (Å²) < 4.78 is -0.594. The van der Waals surface area contributed by atoms with E-state index in [9.17, 15) is 10.0 Å². The minimum atomic E-state index is -0.657. The van der Waals surface area contributed by atoms with Crippen molar-refractivity contribution in [1.82, 2.24) is 0 Å². The molecule has 0 aliphatic carbocycles. The van der Waals surface area contributed by atoms with E-state index >= 15 is 0 Å². The van der Waals surface area contributed by atoms with Crippen molar-refractivity contribution < 1.29 is 24.8 Å². The Kier molecular flexibility index (Phi) is 22.8. The van der Waals surface area contributed by atoms with E-state index in [0.717, 1.165) is 12.8 Å². The number of aliphatic carboxylic acids is 1. The van der Waals surface area contributed by atoms with E-state index in [0.29, 0.717) is 6.42 Å². The number of hydrogen-bond acceptors (Lipinski definition) is 5. The fraction of sp³-hybridized carbons (Fsp3) is 0.950. The first-order valence-electron chi connectivity index (χ1n) is 10.7. The van der Waals surface area contributed by atoms with Crippen LogP contribution in [0.5, 0.6) is 0 Å². The third kappa shape index (κ3) is 23.2. The van der Waals surface area contributed by atoms with Crippen LogP contribution in [0.2, 0.25) is 0 Å². The molecule has 0 rings (SSSR count). The zero-order chi connectivity index (χ0) is 20.8. The molecule has 0 unspecified atom stereocenters. The number of rotatable bonds is 18. The van der Waals surface area contributed by atoms with Crippen LogP contribution in [0.1, 0.15) is 84.0 Å². The lowest BCUT2D eigenvalue weighted by atomic mass is 10.1. The summed E-state index contributed by atoms with van der Waals surface area (Å²) in [5, 5.41) is 36.9. The molecule has 0 saturated carbocycles. The van der Waals surface area contributed by atoms with E-state index < -0.39 is 10.6 Å². The first-order chi connectivity index (χ1) is 13.0. The van der Waals surface area contributed by atoms with Crippen molar-refractivity contribution >= 4 is 5.97 Å². The van der Waals surface area contributed by atoms with E-state index in [4.69, 9.17) is 21.1 Å². The molecule has 27 heavy (non-hydrogen) atoms. The van der Waals surface area contributed by atoms with Gasteiger partial charge in [-0.3, -0.25) is 4.79 Å². The second-order valence-electron chi connectivity index (χ2n) is 7.14. The fourth-order valence-electron chi connectivity index (χ4n) is 2.88. The summed E-state index contributed by atoms with van der Waals surface area (Å²) in [4.78, 5) is 10.3. The highest BCUT2D eigenvalue weighted by molar-refractivity contribution is 5.66. The number of nitrogens with two attached hydrogens (primary N) is 1. The summed E-state index contributed by atoms with van der Waals surface area (Å²) in [6.07, 6.45) is 14.4. The van der Waals surface area contributed by atoms with Gasteiger partial charge in [0.1, 0.15) is 13.1 Å². The Morgan fingerprint density at radius 2 is 1.22 bits per heavy atom. The van der Waals surface area contributed by atoms with Crippen LogP contribution in [0.25, 0.3) is 0 Å². The molecular formula is C20H44N2O5. The number of nitrogens with zero attached hydrogens (tertiary/aromatic N) is 1. The lowest BCUT2D eigenvalue weighted by Gasteiger charge is -2.41. The average Bonchev–Trinajstić information content (AvgIpc) is 2.60. The Morgan fingerprint density at radius 3 is 1.56 bits per heavy atom. The monoisotopic (exact) mass is 392 g/mol. The smallest absolute Gasteiger partial charge is 0.303 e. The highest BCUT2D eigenvalue weighted by atomic mass is 16.5. The third-order valence-corrected chi connectivity index (χ3v) is 4.55. The lowest BCUT2D eigenvalue weighted by Crippen LogP contribution is -2.49. The van der Waals surface area contributed by atoms with Crippen molar-refractivity contribution in [3.05, 3.63) is 5.21 Å². The first-order valence-corrected chi connectivity index (χ1v) is 10.7. The van der Waals surface area contributed by atoms with Crippen LogP contribution in [0.4, 0.5) is 0 Å². The second kappa shape index (κ2) is 21.6. The molecule has 0 fully saturated rings. The number of hydrogen-bond donors (Lipinski definition) is 4. The maximum Gasteiger partial charge on any atom is 0.303 e. The first kappa shape index (κ1) is 28.5. The number of aliphatic hydroxyl groups excluding tert-OH is 2. The lowest BCUT2D eigenvalue weighted by molar-refractivity contribution is -0.880. The van der Waals surface area contributed by atoms with Crippen molar-refractivity contribution in [3.8, 4) is 0 Å². The zero-order valence-electron chi connectivity index (χ0n) is 17.4. The van der Waals surface area contributed by atoms with Gasteiger partial charge in [0.05, 0.1) is 19.8 Å². The number of carboxylic acids is 1. The maximum absolute atomic E-state index is 11.4. The third-order valence-electron chi connectivity index (χ3n) is 4.55. The van der Waals surface area contributed by atoms with Crippen LogP contribution in [0.3, 0.4) is 0 Å². The maximum atomic E-state index is 11.4. The quantitative estimate of drug-likeness (QED) is 0.161. The molecule has 0 spiro atoms. The molecule has 5 N–H and O–H groups in total. The highest BCUT2D eigenvalue weighted by Gasteiger charge is 2.13. The van der Waals surface area contributed by atoms with E-state index in [2.05, 4.69) is 6.92 Å². The van der Waals surface area contributed by atoms with Gasteiger partial charge in [0.2, 0.25) is 0 Å². The van der Waals surface area contributed by atoms with Crippen LogP contribution in [-0.4, -0.2) is 65.3 Å². The van der Waals surface area contributed by atoms with Gasteiger partial charge in [0.15, 0.2) is 0 Å². The number of quaternary nitrogens is 1. The zero-order valence-corrected chi connectivity index (χ0v) is 17.4. The Hall–Kier alpha value is -0.730. The molecule has 0 aromatic rings. The summed E-state index contributed by atoms with van der Waals surface area (Å²) in [7, 11) is 0. The number of aliphatic hydroxyl groups is 2. The molecule has 0 radical (unpaired) electrons. The Balaban J connectivity index is 0. The molecule has 0 amide bonds. The Morgan fingerprint density at radius 1 is 0.815 bits per heavy atom. The molecular weight excluding hydrogens is 348 g/mol. The molecule has 7 heteroatoms. The molecule has 7 nitrogen and oxygen atoms in total. The SMILES string of the molecule is CCCCCCCCCCCCCC(=O)O.NCC[N+]([O-])(CCO)CCO. The summed E-state index contributed by atoms with van der Waals surface area (Å²) >= 11 is 0. The Bertz CT molecular complexity index is 300. The predicted octanol–water partition coefficient (Wildman–Crippen LogP) is 3.02. The molecule has 0 heterocycles. The van der Waals surface area contributed by atoms with Gasteiger partial charge in [-0.25, -0.2) is 0 Å². The molecule has 164 valence electrons. The van der Waals surface area contributed by atoms with Gasteiger partial charge in [-0.05, 0) is 6.42 Å². The Labute approximate surface area is 165 Å². The number of unbranched alkanes of at least 4 members (excludes halogenated alkanes) is 10. The van der Waals surface area contributed by atoms with E-state index in [1.807, 2.05) is 0 Å². The van der Waals surface area contributed by atoms with Crippen molar-refractivity contribution in [2.75, 3.05) is 39.4 Å². The molecule has 0 aliphatic rings. The normalized spacial score (nSPS) is 11.1. The second-order valence-corrected chi connectivity index (χ2v) is 7.14. The fourth-order valence-corrected chi connectivity index (χ4v) is 2.88. The van der Waals surface area contributed by atoms with Crippen molar-refractivity contribution in [2.24, 2.45) is 5.73 Å². The van der Waals surface area contributed by atoms with Crippen LogP contribution in [0.15, 0.2) is 0 Å². The highest BCUT2D eigenvalue weighted by Crippen LogP contribution is 2.11. The van der Waals surface area contributed by atoms with Crippen molar-refractivity contribution in [3.63, 3.8) is 0 Å². The number of carboxylic acid groups (broad SMARTS) is 1. The summed E-state index contributed by atoms with van der Waals surface area (Å²) in [5.41, 5.74) is 5.20. The van der Waals surface area contributed by atoms with Gasteiger partial charge in [0.25, 0.3) is 0 Å². The molecule has 0 saturated heterocycles. The van der Waals surface area contributed by atoms with Crippen molar-refractivity contribution in [1.29, 1.82) is 0 Å². The van der Waals surface area contributed by atoms with Gasteiger partial charge in [-0.2, -0.15) is 0 Å². The van der Waals surface area contributed by atoms with E-state index in [-0.39, 0.29) is 39.4 Å². The average molecular weight is 393 g/mol. The molecule has 0 bridgehead atoms. The van der Waals surface area contributed by atoms with Crippen LogP contribution >= 0.6 is 0 Å². The predicted molar refractivity (Wildman–Crippen MR) is 110 cm³/mol. The summed E-state index contributed by atoms with van der Waals surface area (Å²) in [6, 6.07) is 0. The summed E-state index contributed by atoms with van der Waals surface area (Å²) in [5.74, 6) is -0.657. The molecule has 0 aromatic heterocycles.